The zero-order valence-electron chi connectivity index (χ0n) is 10.2. The predicted molar refractivity (Wildman–Crippen MR) is 87.7 cm³/mol. The molecule has 0 aromatic heterocycles. The van der Waals surface area contributed by atoms with Crippen molar-refractivity contribution >= 4 is 51.5 Å². The van der Waals surface area contributed by atoms with Gasteiger partial charge in [0.25, 0.3) is 5.91 Å². The molecule has 0 aliphatic heterocycles. The zero-order valence-corrected chi connectivity index (χ0v) is 13.1. The molecular formula is C14H12ClIN2O. The fraction of sp³-hybridized carbons (Fsp3) is 0.0714. The van der Waals surface area contributed by atoms with Gasteiger partial charge in [-0.3, -0.25) is 4.79 Å². The van der Waals surface area contributed by atoms with Crippen LogP contribution in [0.25, 0.3) is 0 Å². The lowest BCUT2D eigenvalue weighted by Crippen LogP contribution is -2.13. The number of carbonyl (C=O) groups is 1. The Hall–Kier alpha value is -1.27. The summed E-state index contributed by atoms with van der Waals surface area (Å²) in [4.78, 5) is 12.2. The van der Waals surface area contributed by atoms with E-state index in [1.165, 1.54) is 0 Å². The molecule has 3 N–H and O–H groups in total. The van der Waals surface area contributed by atoms with E-state index in [-0.39, 0.29) is 5.91 Å². The summed E-state index contributed by atoms with van der Waals surface area (Å²) in [6, 6.07) is 10.6. The van der Waals surface area contributed by atoms with Crippen molar-refractivity contribution in [2.75, 3.05) is 11.1 Å². The number of hydrogen-bond donors (Lipinski definition) is 2. The topological polar surface area (TPSA) is 55.1 Å². The second kappa shape index (κ2) is 5.79. The molecular weight excluding hydrogens is 375 g/mol. The quantitative estimate of drug-likeness (QED) is 0.603. The fourth-order valence-corrected chi connectivity index (χ4v) is 2.38. The molecule has 0 heterocycles. The smallest absolute Gasteiger partial charge is 0.256 e. The summed E-state index contributed by atoms with van der Waals surface area (Å²) >= 11 is 8.02. The summed E-state index contributed by atoms with van der Waals surface area (Å²) in [5.41, 5.74) is 8.65. The number of nitrogen functional groups attached to an aromatic ring is 1. The van der Waals surface area contributed by atoms with Gasteiger partial charge in [-0.25, -0.2) is 0 Å². The molecule has 0 aliphatic carbocycles. The van der Waals surface area contributed by atoms with Crippen LogP contribution in [0.5, 0.6) is 0 Å². The van der Waals surface area contributed by atoms with Gasteiger partial charge in [-0.05, 0) is 71.5 Å². The standard InChI is InChI=1S/C14H12ClIN2O/c1-8-6-10(3-5-13(8)17)18-14(19)11-7-9(15)2-4-12(11)16/h2-7H,17H2,1H3,(H,18,19). The van der Waals surface area contributed by atoms with E-state index in [2.05, 4.69) is 27.9 Å². The van der Waals surface area contributed by atoms with Crippen LogP contribution in [0.15, 0.2) is 36.4 Å². The Morgan fingerprint density at radius 3 is 2.68 bits per heavy atom. The Kier molecular flexibility index (Phi) is 4.31. The molecule has 0 bridgehead atoms. The molecule has 98 valence electrons. The summed E-state index contributed by atoms with van der Waals surface area (Å²) in [5.74, 6) is -0.184. The van der Waals surface area contributed by atoms with Crippen LogP contribution in [0.4, 0.5) is 11.4 Å². The summed E-state index contributed by atoms with van der Waals surface area (Å²) in [6.07, 6.45) is 0. The summed E-state index contributed by atoms with van der Waals surface area (Å²) in [7, 11) is 0. The Labute approximate surface area is 130 Å². The molecule has 19 heavy (non-hydrogen) atoms. The van der Waals surface area contributed by atoms with Crippen LogP contribution >= 0.6 is 34.2 Å². The van der Waals surface area contributed by atoms with Crippen LogP contribution in [-0.2, 0) is 0 Å². The van der Waals surface area contributed by atoms with Crippen LogP contribution in [0, 0.1) is 10.5 Å². The molecule has 0 saturated heterocycles. The first-order valence-electron chi connectivity index (χ1n) is 5.60. The third-order valence-corrected chi connectivity index (χ3v) is 3.88. The van der Waals surface area contributed by atoms with Crippen LogP contribution < -0.4 is 11.1 Å². The highest BCUT2D eigenvalue weighted by atomic mass is 127. The molecule has 0 radical (unpaired) electrons. The third-order valence-electron chi connectivity index (χ3n) is 2.70. The molecule has 2 rings (SSSR count). The number of hydrogen-bond acceptors (Lipinski definition) is 2. The van der Waals surface area contributed by atoms with Gasteiger partial charge >= 0.3 is 0 Å². The maximum Gasteiger partial charge on any atom is 0.256 e. The molecule has 0 fully saturated rings. The van der Waals surface area contributed by atoms with Crippen LogP contribution in [0.3, 0.4) is 0 Å². The lowest BCUT2D eigenvalue weighted by Gasteiger charge is -2.09. The van der Waals surface area contributed by atoms with Crippen molar-refractivity contribution in [3.8, 4) is 0 Å². The Bertz CT molecular complexity index is 643. The monoisotopic (exact) mass is 386 g/mol. The molecule has 0 saturated carbocycles. The largest absolute Gasteiger partial charge is 0.399 e. The van der Waals surface area contributed by atoms with Gasteiger partial charge in [-0.2, -0.15) is 0 Å². The van der Waals surface area contributed by atoms with Gasteiger partial charge in [0.2, 0.25) is 0 Å². The zero-order chi connectivity index (χ0) is 14.0. The third kappa shape index (κ3) is 3.39. The Morgan fingerprint density at radius 1 is 1.26 bits per heavy atom. The average Bonchev–Trinajstić information content (AvgIpc) is 2.36. The first kappa shape index (κ1) is 14.1. The number of amides is 1. The van der Waals surface area contributed by atoms with Crippen molar-refractivity contribution < 1.29 is 4.79 Å². The van der Waals surface area contributed by atoms with Crippen molar-refractivity contribution in [2.45, 2.75) is 6.92 Å². The first-order chi connectivity index (χ1) is 8.97. The van der Waals surface area contributed by atoms with Crippen molar-refractivity contribution in [1.82, 2.24) is 0 Å². The van der Waals surface area contributed by atoms with E-state index in [0.717, 1.165) is 9.13 Å². The number of carbonyl (C=O) groups excluding carboxylic acids is 1. The SMILES string of the molecule is Cc1cc(NC(=O)c2cc(Cl)ccc2I)ccc1N. The molecule has 0 spiro atoms. The summed E-state index contributed by atoms with van der Waals surface area (Å²) in [6.45, 7) is 1.90. The molecule has 0 atom stereocenters. The van der Waals surface area contributed by atoms with E-state index in [0.29, 0.717) is 22.0 Å². The van der Waals surface area contributed by atoms with Gasteiger partial charge in [0.1, 0.15) is 0 Å². The molecule has 0 unspecified atom stereocenters. The van der Waals surface area contributed by atoms with Gasteiger partial charge in [0.15, 0.2) is 0 Å². The molecule has 5 heteroatoms. The number of halogens is 2. The number of anilines is 2. The van der Waals surface area contributed by atoms with Gasteiger partial charge < -0.3 is 11.1 Å². The predicted octanol–water partition coefficient (Wildman–Crippen LogP) is 4.09. The molecule has 2 aromatic rings. The van der Waals surface area contributed by atoms with Gasteiger partial charge in [-0.15, -0.1) is 0 Å². The maximum absolute atomic E-state index is 12.2. The number of nitrogens with two attached hydrogens (primary N) is 1. The van der Waals surface area contributed by atoms with Gasteiger partial charge in [0, 0.05) is 20.0 Å². The number of aryl methyl sites for hydroxylation is 1. The lowest BCUT2D eigenvalue weighted by atomic mass is 10.1. The Morgan fingerprint density at radius 2 is 2.00 bits per heavy atom. The first-order valence-corrected chi connectivity index (χ1v) is 7.05. The minimum atomic E-state index is -0.184. The number of benzene rings is 2. The lowest BCUT2D eigenvalue weighted by molar-refractivity contribution is 0.102. The second-order valence-electron chi connectivity index (χ2n) is 4.15. The molecule has 0 aliphatic rings. The second-order valence-corrected chi connectivity index (χ2v) is 5.75. The minimum absolute atomic E-state index is 0.184. The Balaban J connectivity index is 2.25. The molecule has 3 nitrogen and oxygen atoms in total. The number of rotatable bonds is 2. The average molecular weight is 387 g/mol. The normalized spacial score (nSPS) is 10.3. The van der Waals surface area contributed by atoms with Crippen molar-refractivity contribution in [1.29, 1.82) is 0 Å². The molecule has 1 amide bonds. The fourth-order valence-electron chi connectivity index (χ4n) is 1.62. The van der Waals surface area contributed by atoms with E-state index in [4.69, 9.17) is 17.3 Å². The van der Waals surface area contributed by atoms with E-state index in [1.54, 1.807) is 24.3 Å². The highest BCUT2D eigenvalue weighted by Gasteiger charge is 2.11. The van der Waals surface area contributed by atoms with E-state index in [9.17, 15) is 4.79 Å². The van der Waals surface area contributed by atoms with Crippen LogP contribution in [0.1, 0.15) is 15.9 Å². The van der Waals surface area contributed by atoms with Gasteiger partial charge in [-0.1, -0.05) is 11.6 Å². The van der Waals surface area contributed by atoms with E-state index >= 15 is 0 Å². The summed E-state index contributed by atoms with van der Waals surface area (Å²) < 4.78 is 0.853. The van der Waals surface area contributed by atoms with Crippen molar-refractivity contribution in [3.05, 3.63) is 56.1 Å². The highest BCUT2D eigenvalue weighted by Crippen LogP contribution is 2.21. The minimum Gasteiger partial charge on any atom is -0.399 e. The van der Waals surface area contributed by atoms with Crippen LogP contribution in [-0.4, -0.2) is 5.91 Å². The van der Waals surface area contributed by atoms with E-state index in [1.807, 2.05) is 19.1 Å². The van der Waals surface area contributed by atoms with Gasteiger partial charge in [0.05, 0.1) is 5.56 Å². The van der Waals surface area contributed by atoms with Crippen LogP contribution in [0.2, 0.25) is 5.02 Å². The highest BCUT2D eigenvalue weighted by molar-refractivity contribution is 14.1. The van der Waals surface area contributed by atoms with Crippen molar-refractivity contribution in [3.63, 3.8) is 0 Å². The molecule has 2 aromatic carbocycles. The summed E-state index contributed by atoms with van der Waals surface area (Å²) in [5, 5.41) is 3.38. The number of nitrogens with one attached hydrogen (secondary N) is 1. The maximum atomic E-state index is 12.2. The van der Waals surface area contributed by atoms with E-state index < -0.39 is 0 Å². The van der Waals surface area contributed by atoms with Crippen molar-refractivity contribution in [2.24, 2.45) is 0 Å².